The van der Waals surface area contributed by atoms with E-state index in [-0.39, 0.29) is 0 Å². The summed E-state index contributed by atoms with van der Waals surface area (Å²) in [6.45, 7) is 0. The Labute approximate surface area is 124 Å². The van der Waals surface area contributed by atoms with Crippen molar-refractivity contribution < 1.29 is 4.79 Å². The minimum absolute atomic E-state index is 0.458. The number of carbonyl (C=O) groups excluding carboxylic acids is 1. The summed E-state index contributed by atoms with van der Waals surface area (Å²) in [5.41, 5.74) is 1.50. The zero-order chi connectivity index (χ0) is 13.2. The molecule has 2 aromatic heterocycles. The molecule has 0 atom stereocenters. The number of nitrogens with zero attached hydrogens (tertiary/aromatic N) is 2. The molecule has 2 aromatic rings. The van der Waals surface area contributed by atoms with E-state index in [2.05, 4.69) is 21.0 Å². The summed E-state index contributed by atoms with van der Waals surface area (Å²) in [4.78, 5) is 12.3. The quantitative estimate of drug-likeness (QED) is 0.760. The summed E-state index contributed by atoms with van der Waals surface area (Å²) in [5.74, 6) is 0. The van der Waals surface area contributed by atoms with Crippen molar-refractivity contribution in [3.63, 3.8) is 0 Å². The third kappa shape index (κ3) is 2.54. The number of halogens is 1. The summed E-state index contributed by atoms with van der Waals surface area (Å²) in [6, 6.07) is 2.45. The predicted octanol–water partition coefficient (Wildman–Crippen LogP) is 4.69. The first-order chi connectivity index (χ1) is 9.29. The molecule has 5 heteroatoms. The highest BCUT2D eigenvalue weighted by Gasteiger charge is 2.20. The van der Waals surface area contributed by atoms with Gasteiger partial charge in [-0.05, 0) is 40.2 Å². The Morgan fingerprint density at radius 2 is 2.16 bits per heavy atom. The van der Waals surface area contributed by atoms with E-state index < -0.39 is 0 Å². The van der Waals surface area contributed by atoms with E-state index in [1.807, 2.05) is 22.3 Å². The van der Waals surface area contributed by atoms with Crippen LogP contribution in [0.5, 0.6) is 0 Å². The number of aromatic nitrogens is 2. The summed E-state index contributed by atoms with van der Waals surface area (Å²) in [6.07, 6.45) is 9.01. The molecular weight excluding hydrogens is 324 g/mol. The Kier molecular flexibility index (Phi) is 3.84. The van der Waals surface area contributed by atoms with Crippen LogP contribution >= 0.6 is 27.3 Å². The standard InChI is InChI=1S/C14H15BrN2OS/c15-12-6-7-19-14(12)13-10(9-18)8-17(16-13)11-4-2-1-3-5-11/h6-9,11H,1-5H2. The van der Waals surface area contributed by atoms with E-state index >= 15 is 0 Å². The van der Waals surface area contributed by atoms with E-state index in [1.165, 1.54) is 32.1 Å². The van der Waals surface area contributed by atoms with Crippen molar-refractivity contribution in [3.05, 3.63) is 27.7 Å². The van der Waals surface area contributed by atoms with Crippen molar-refractivity contribution in [2.24, 2.45) is 0 Å². The number of rotatable bonds is 3. The van der Waals surface area contributed by atoms with Crippen molar-refractivity contribution in [1.82, 2.24) is 9.78 Å². The van der Waals surface area contributed by atoms with Crippen molar-refractivity contribution in [2.45, 2.75) is 38.1 Å². The normalized spacial score (nSPS) is 16.7. The number of carbonyl (C=O) groups is 1. The fraction of sp³-hybridized carbons (Fsp3) is 0.429. The Bertz CT molecular complexity index is 584. The molecule has 0 bridgehead atoms. The first-order valence-electron chi connectivity index (χ1n) is 6.57. The molecular formula is C14H15BrN2OS. The molecule has 0 saturated heterocycles. The number of hydrogen-bond donors (Lipinski definition) is 0. The molecule has 1 aliphatic carbocycles. The van der Waals surface area contributed by atoms with E-state index in [0.717, 1.165) is 21.3 Å². The zero-order valence-corrected chi connectivity index (χ0v) is 12.9. The third-order valence-corrected chi connectivity index (χ3v) is 5.51. The van der Waals surface area contributed by atoms with E-state index in [4.69, 9.17) is 0 Å². The van der Waals surface area contributed by atoms with Gasteiger partial charge in [-0.2, -0.15) is 5.10 Å². The molecule has 1 fully saturated rings. The maximum absolute atomic E-state index is 11.3. The van der Waals surface area contributed by atoms with Gasteiger partial charge >= 0.3 is 0 Å². The van der Waals surface area contributed by atoms with Gasteiger partial charge in [-0.1, -0.05) is 19.3 Å². The number of hydrogen-bond acceptors (Lipinski definition) is 3. The van der Waals surface area contributed by atoms with Crippen molar-refractivity contribution in [2.75, 3.05) is 0 Å². The average molecular weight is 339 g/mol. The van der Waals surface area contributed by atoms with Crippen LogP contribution in [-0.4, -0.2) is 16.1 Å². The van der Waals surface area contributed by atoms with Crippen molar-refractivity contribution in [3.8, 4) is 10.6 Å². The maximum Gasteiger partial charge on any atom is 0.153 e. The van der Waals surface area contributed by atoms with E-state index in [9.17, 15) is 4.79 Å². The molecule has 0 unspecified atom stereocenters. The molecule has 2 heterocycles. The lowest BCUT2D eigenvalue weighted by atomic mass is 9.96. The second-order valence-corrected chi connectivity index (χ2v) is 6.69. The molecule has 3 rings (SSSR count). The van der Waals surface area contributed by atoms with Gasteiger partial charge in [-0.25, -0.2) is 0 Å². The van der Waals surface area contributed by atoms with Crippen LogP contribution in [0.15, 0.2) is 22.1 Å². The Hall–Kier alpha value is -0.940. The van der Waals surface area contributed by atoms with Gasteiger partial charge in [-0.15, -0.1) is 11.3 Å². The Morgan fingerprint density at radius 1 is 1.37 bits per heavy atom. The lowest BCUT2D eigenvalue weighted by Gasteiger charge is -2.21. The fourth-order valence-electron chi connectivity index (χ4n) is 2.66. The minimum Gasteiger partial charge on any atom is -0.298 e. The molecule has 3 nitrogen and oxygen atoms in total. The topological polar surface area (TPSA) is 34.9 Å². The van der Waals surface area contributed by atoms with Crippen LogP contribution in [0.3, 0.4) is 0 Å². The summed E-state index contributed by atoms with van der Waals surface area (Å²) >= 11 is 5.13. The van der Waals surface area contributed by atoms with Crippen LogP contribution in [0.1, 0.15) is 48.5 Å². The monoisotopic (exact) mass is 338 g/mol. The maximum atomic E-state index is 11.3. The van der Waals surface area contributed by atoms with Crippen LogP contribution in [0.25, 0.3) is 10.6 Å². The number of aldehydes is 1. The lowest BCUT2D eigenvalue weighted by Crippen LogP contribution is -2.13. The van der Waals surface area contributed by atoms with Gasteiger partial charge in [0, 0.05) is 10.7 Å². The SMILES string of the molecule is O=Cc1cn(C2CCCCC2)nc1-c1sccc1Br. The smallest absolute Gasteiger partial charge is 0.153 e. The average Bonchev–Trinajstić information content (AvgIpc) is 3.05. The molecule has 0 radical (unpaired) electrons. The van der Waals surface area contributed by atoms with Crippen LogP contribution in [0, 0.1) is 0 Å². The second-order valence-electron chi connectivity index (χ2n) is 4.92. The molecule has 100 valence electrons. The molecule has 19 heavy (non-hydrogen) atoms. The van der Waals surface area contributed by atoms with Crippen molar-refractivity contribution >= 4 is 33.6 Å². The van der Waals surface area contributed by atoms with Crippen LogP contribution in [0.2, 0.25) is 0 Å². The van der Waals surface area contributed by atoms with Gasteiger partial charge in [0.25, 0.3) is 0 Å². The molecule has 1 aliphatic rings. The van der Waals surface area contributed by atoms with Crippen molar-refractivity contribution in [1.29, 1.82) is 0 Å². The highest BCUT2D eigenvalue weighted by molar-refractivity contribution is 9.10. The van der Waals surface area contributed by atoms with E-state index in [0.29, 0.717) is 11.6 Å². The van der Waals surface area contributed by atoms with Crippen LogP contribution < -0.4 is 0 Å². The van der Waals surface area contributed by atoms with Crippen LogP contribution in [-0.2, 0) is 0 Å². The molecule has 0 aromatic carbocycles. The second kappa shape index (κ2) is 5.59. The molecule has 0 N–H and O–H groups in total. The molecule has 0 spiro atoms. The molecule has 0 amide bonds. The Morgan fingerprint density at radius 3 is 2.79 bits per heavy atom. The van der Waals surface area contributed by atoms with E-state index in [1.54, 1.807) is 11.3 Å². The third-order valence-electron chi connectivity index (χ3n) is 3.67. The van der Waals surface area contributed by atoms with Gasteiger partial charge in [-0.3, -0.25) is 9.48 Å². The van der Waals surface area contributed by atoms with Gasteiger partial charge < -0.3 is 0 Å². The molecule has 1 saturated carbocycles. The van der Waals surface area contributed by atoms with Gasteiger partial charge in [0.2, 0.25) is 0 Å². The van der Waals surface area contributed by atoms with Gasteiger partial charge in [0.05, 0.1) is 16.5 Å². The number of thiophene rings is 1. The van der Waals surface area contributed by atoms with Gasteiger partial charge in [0.15, 0.2) is 6.29 Å². The minimum atomic E-state index is 0.458. The van der Waals surface area contributed by atoms with Crippen LogP contribution in [0.4, 0.5) is 0 Å². The lowest BCUT2D eigenvalue weighted by molar-refractivity contribution is 0.112. The fourth-order valence-corrected chi connectivity index (χ4v) is 4.23. The summed E-state index contributed by atoms with van der Waals surface area (Å²) < 4.78 is 3.01. The first kappa shape index (κ1) is 13.1. The predicted molar refractivity (Wildman–Crippen MR) is 80.7 cm³/mol. The summed E-state index contributed by atoms with van der Waals surface area (Å²) in [5, 5.41) is 6.68. The molecule has 0 aliphatic heterocycles. The highest BCUT2D eigenvalue weighted by Crippen LogP contribution is 2.36. The highest BCUT2D eigenvalue weighted by atomic mass is 79.9. The summed E-state index contributed by atoms with van der Waals surface area (Å²) in [7, 11) is 0. The van der Waals surface area contributed by atoms with Gasteiger partial charge in [0.1, 0.15) is 5.69 Å². The zero-order valence-electron chi connectivity index (χ0n) is 10.5. The first-order valence-corrected chi connectivity index (χ1v) is 8.24. The largest absolute Gasteiger partial charge is 0.298 e. The Balaban J connectivity index is 1.98.